The fourth-order valence-electron chi connectivity index (χ4n) is 2.56. The molecule has 1 N–H and O–H groups in total. The van der Waals surface area contributed by atoms with Gasteiger partial charge in [-0.2, -0.15) is 0 Å². The molecule has 1 heterocycles. The monoisotopic (exact) mass is 297 g/mol. The number of aliphatic hydroxyl groups excluding tert-OH is 1. The van der Waals surface area contributed by atoms with Crippen molar-refractivity contribution < 1.29 is 14.6 Å². The van der Waals surface area contributed by atoms with Crippen LogP contribution in [0.1, 0.15) is 24.2 Å². The van der Waals surface area contributed by atoms with E-state index in [9.17, 15) is 9.90 Å². The number of aliphatic hydroxyl groups is 1. The van der Waals surface area contributed by atoms with Gasteiger partial charge in [-0.25, -0.2) is 0 Å². The smallest absolute Gasteiger partial charge is 0.176 e. The van der Waals surface area contributed by atoms with E-state index in [0.717, 1.165) is 0 Å². The molecule has 1 saturated heterocycles. The van der Waals surface area contributed by atoms with E-state index in [2.05, 4.69) is 0 Å². The van der Waals surface area contributed by atoms with E-state index in [-0.39, 0.29) is 24.1 Å². The first-order valence-electron chi connectivity index (χ1n) is 6.69. The van der Waals surface area contributed by atoms with Crippen LogP contribution in [0.3, 0.4) is 0 Å². The first-order valence-corrected chi connectivity index (χ1v) is 7.07. The molecule has 1 aromatic rings. The summed E-state index contributed by atoms with van der Waals surface area (Å²) in [5.74, 6) is 0.0519. The third-order valence-corrected chi connectivity index (χ3v) is 3.54. The molecular formula is C15H20ClNO3. The van der Waals surface area contributed by atoms with Crippen LogP contribution in [-0.2, 0) is 4.74 Å². The number of morpholine rings is 1. The van der Waals surface area contributed by atoms with Crippen molar-refractivity contribution in [1.82, 2.24) is 4.90 Å². The maximum atomic E-state index is 12.2. The zero-order chi connectivity index (χ0) is 14.8. The molecule has 0 saturated carbocycles. The third kappa shape index (κ3) is 4.03. The van der Waals surface area contributed by atoms with Gasteiger partial charge in [0, 0.05) is 23.7 Å². The van der Waals surface area contributed by atoms with Crippen molar-refractivity contribution in [3.8, 4) is 0 Å². The minimum absolute atomic E-state index is 0.0327. The Balaban J connectivity index is 2.01. The van der Waals surface area contributed by atoms with Crippen molar-refractivity contribution in [1.29, 1.82) is 0 Å². The summed E-state index contributed by atoms with van der Waals surface area (Å²) < 4.78 is 5.74. The highest BCUT2D eigenvalue weighted by Crippen LogP contribution is 2.21. The zero-order valence-electron chi connectivity index (χ0n) is 11.8. The minimum Gasteiger partial charge on any atom is -0.394 e. The second-order valence-electron chi connectivity index (χ2n) is 5.78. The lowest BCUT2D eigenvalue weighted by molar-refractivity contribution is -0.146. The first-order chi connectivity index (χ1) is 9.39. The number of ether oxygens (including phenoxy) is 1. The molecule has 110 valence electrons. The Hall–Kier alpha value is -0.940. The molecule has 1 atom stereocenters. The molecule has 0 aromatic heterocycles. The zero-order valence-corrected chi connectivity index (χ0v) is 12.6. The quantitative estimate of drug-likeness (QED) is 0.864. The highest BCUT2D eigenvalue weighted by molar-refractivity contribution is 6.30. The molecule has 1 aromatic carbocycles. The molecule has 20 heavy (non-hydrogen) atoms. The van der Waals surface area contributed by atoms with E-state index in [1.54, 1.807) is 24.3 Å². The van der Waals surface area contributed by atoms with E-state index in [4.69, 9.17) is 16.3 Å². The van der Waals surface area contributed by atoms with Crippen LogP contribution in [0.5, 0.6) is 0 Å². The number of carbonyl (C=O) groups is 1. The van der Waals surface area contributed by atoms with Crippen LogP contribution in [0.4, 0.5) is 0 Å². The van der Waals surface area contributed by atoms with E-state index >= 15 is 0 Å². The Bertz CT molecular complexity index is 473. The van der Waals surface area contributed by atoms with Gasteiger partial charge in [0.05, 0.1) is 24.9 Å². The average molecular weight is 298 g/mol. The highest BCUT2D eigenvalue weighted by Gasteiger charge is 2.33. The summed E-state index contributed by atoms with van der Waals surface area (Å²) in [5.41, 5.74) is 0.297. The van der Waals surface area contributed by atoms with Gasteiger partial charge < -0.3 is 9.84 Å². The SMILES string of the molecule is CC1(C)CN(CC(=O)c2ccc(Cl)cc2)CC(CO)O1. The third-order valence-electron chi connectivity index (χ3n) is 3.29. The lowest BCUT2D eigenvalue weighted by Crippen LogP contribution is -2.54. The Kier molecular flexibility index (Phi) is 4.81. The predicted octanol–water partition coefficient (Wildman–Crippen LogP) is 1.99. The maximum Gasteiger partial charge on any atom is 0.176 e. The van der Waals surface area contributed by atoms with Crippen LogP contribution in [0.25, 0.3) is 0 Å². The van der Waals surface area contributed by atoms with Crippen molar-refractivity contribution in [2.45, 2.75) is 25.6 Å². The van der Waals surface area contributed by atoms with Crippen molar-refractivity contribution >= 4 is 17.4 Å². The number of halogens is 1. The molecule has 1 unspecified atom stereocenters. The minimum atomic E-state index is -0.355. The Labute approximate surface area is 124 Å². The number of hydrogen-bond acceptors (Lipinski definition) is 4. The molecule has 2 rings (SSSR count). The van der Waals surface area contributed by atoms with Crippen LogP contribution in [-0.4, -0.2) is 53.7 Å². The predicted molar refractivity (Wildman–Crippen MR) is 78.3 cm³/mol. The topological polar surface area (TPSA) is 49.8 Å². The number of hydrogen-bond donors (Lipinski definition) is 1. The van der Waals surface area contributed by atoms with Gasteiger partial charge in [0.2, 0.25) is 0 Å². The largest absolute Gasteiger partial charge is 0.394 e. The molecular weight excluding hydrogens is 278 g/mol. The fraction of sp³-hybridized carbons (Fsp3) is 0.533. The number of nitrogens with zero attached hydrogens (tertiary/aromatic N) is 1. The molecule has 0 bridgehead atoms. The highest BCUT2D eigenvalue weighted by atomic mass is 35.5. The summed E-state index contributed by atoms with van der Waals surface area (Å²) in [6.45, 7) is 5.46. The molecule has 1 aliphatic rings. The van der Waals surface area contributed by atoms with Crippen LogP contribution in [0.2, 0.25) is 5.02 Å². The van der Waals surface area contributed by atoms with Crippen LogP contribution < -0.4 is 0 Å². The number of rotatable bonds is 4. The molecule has 0 radical (unpaired) electrons. The maximum absolute atomic E-state index is 12.2. The molecule has 0 aliphatic carbocycles. The Morgan fingerprint density at radius 2 is 2.10 bits per heavy atom. The van der Waals surface area contributed by atoms with Crippen LogP contribution in [0.15, 0.2) is 24.3 Å². The second-order valence-corrected chi connectivity index (χ2v) is 6.22. The fourth-order valence-corrected chi connectivity index (χ4v) is 2.69. The Morgan fingerprint density at radius 1 is 1.45 bits per heavy atom. The Morgan fingerprint density at radius 3 is 2.70 bits per heavy atom. The van der Waals surface area contributed by atoms with Crippen molar-refractivity contribution in [2.24, 2.45) is 0 Å². The lowest BCUT2D eigenvalue weighted by atomic mass is 10.0. The van der Waals surface area contributed by atoms with Gasteiger partial charge in [-0.15, -0.1) is 0 Å². The molecule has 1 aliphatic heterocycles. The lowest BCUT2D eigenvalue weighted by Gasteiger charge is -2.42. The van der Waals surface area contributed by atoms with E-state index < -0.39 is 0 Å². The summed E-state index contributed by atoms with van der Waals surface area (Å²) in [6, 6.07) is 6.91. The number of carbonyl (C=O) groups excluding carboxylic acids is 1. The van der Waals surface area contributed by atoms with Gasteiger partial charge in [0.1, 0.15) is 0 Å². The van der Waals surface area contributed by atoms with Crippen molar-refractivity contribution in [3.63, 3.8) is 0 Å². The standard InChI is InChI=1S/C15H20ClNO3/c1-15(2)10-17(7-13(9-18)20-15)8-14(19)11-3-5-12(16)6-4-11/h3-6,13,18H,7-10H2,1-2H3. The van der Waals surface area contributed by atoms with Gasteiger partial charge in [-0.3, -0.25) is 9.69 Å². The number of benzene rings is 1. The molecule has 1 fully saturated rings. The number of ketones is 1. The van der Waals surface area contributed by atoms with Gasteiger partial charge in [0.25, 0.3) is 0 Å². The van der Waals surface area contributed by atoms with E-state index in [0.29, 0.717) is 30.2 Å². The van der Waals surface area contributed by atoms with Gasteiger partial charge >= 0.3 is 0 Å². The van der Waals surface area contributed by atoms with Gasteiger partial charge in [0.15, 0.2) is 5.78 Å². The first kappa shape index (κ1) is 15.4. The molecule has 0 spiro atoms. The van der Waals surface area contributed by atoms with E-state index in [1.165, 1.54) is 0 Å². The summed E-state index contributed by atoms with van der Waals surface area (Å²) in [5, 5.41) is 9.89. The van der Waals surface area contributed by atoms with Gasteiger partial charge in [-0.05, 0) is 38.1 Å². The summed E-state index contributed by atoms with van der Waals surface area (Å²) >= 11 is 5.82. The van der Waals surface area contributed by atoms with Crippen LogP contribution in [0, 0.1) is 0 Å². The molecule has 4 nitrogen and oxygen atoms in total. The molecule has 5 heteroatoms. The molecule has 0 amide bonds. The van der Waals surface area contributed by atoms with Gasteiger partial charge in [-0.1, -0.05) is 11.6 Å². The normalized spacial score (nSPS) is 22.7. The van der Waals surface area contributed by atoms with Crippen molar-refractivity contribution in [2.75, 3.05) is 26.2 Å². The van der Waals surface area contributed by atoms with Crippen LogP contribution >= 0.6 is 11.6 Å². The summed E-state index contributed by atoms with van der Waals surface area (Å²) in [4.78, 5) is 14.3. The summed E-state index contributed by atoms with van der Waals surface area (Å²) in [7, 11) is 0. The second kappa shape index (κ2) is 6.22. The number of Topliss-reactive ketones (excluding diaryl/α,β-unsaturated/α-hetero) is 1. The van der Waals surface area contributed by atoms with E-state index in [1.807, 2.05) is 18.7 Å². The summed E-state index contributed by atoms with van der Waals surface area (Å²) in [6.07, 6.45) is -0.239. The van der Waals surface area contributed by atoms with Crippen molar-refractivity contribution in [3.05, 3.63) is 34.9 Å². The average Bonchev–Trinajstić information content (AvgIpc) is 2.37.